The van der Waals surface area contributed by atoms with Crippen LogP contribution >= 0.6 is 0 Å². The molecule has 0 unspecified atom stereocenters. The van der Waals surface area contributed by atoms with Gasteiger partial charge in [0.15, 0.2) is 0 Å². The average Bonchev–Trinajstić information content (AvgIpc) is 3.15. The predicted octanol–water partition coefficient (Wildman–Crippen LogP) is 2.78. The maximum absolute atomic E-state index is 14.0. The van der Waals surface area contributed by atoms with Gasteiger partial charge in [0.25, 0.3) is 0 Å². The van der Waals surface area contributed by atoms with Crippen molar-refractivity contribution in [3.05, 3.63) is 45.8 Å². The summed E-state index contributed by atoms with van der Waals surface area (Å²) in [6.07, 6.45) is 3.47. The third kappa shape index (κ3) is 2.75. The summed E-state index contributed by atoms with van der Waals surface area (Å²) in [4.78, 5) is 13.7. The van der Waals surface area contributed by atoms with Crippen LogP contribution in [0.4, 0.5) is 14.5 Å². The number of benzene rings is 1. The van der Waals surface area contributed by atoms with Crippen molar-refractivity contribution in [1.29, 1.82) is 0 Å². The lowest BCUT2D eigenvalue weighted by molar-refractivity contribution is -0.387. The summed E-state index contributed by atoms with van der Waals surface area (Å²) in [5.41, 5.74) is -0.952. The van der Waals surface area contributed by atoms with Crippen LogP contribution in [-0.4, -0.2) is 15.9 Å². The molecule has 1 saturated carbocycles. The first-order chi connectivity index (χ1) is 10.1. The highest BCUT2D eigenvalue weighted by molar-refractivity contribution is 5.60. The lowest BCUT2D eigenvalue weighted by Crippen LogP contribution is -2.15. The summed E-state index contributed by atoms with van der Waals surface area (Å²) in [7, 11) is 0. The monoisotopic (exact) mass is 295 g/mol. The third-order valence-electron chi connectivity index (χ3n) is 3.18. The summed E-state index contributed by atoms with van der Waals surface area (Å²) < 4.78 is 32.8. The molecule has 1 aliphatic carbocycles. The van der Waals surface area contributed by atoms with Gasteiger partial charge in [0.05, 0.1) is 10.6 Å². The van der Waals surface area contributed by atoms with Crippen molar-refractivity contribution < 1.29 is 18.1 Å². The Bertz CT molecular complexity index is 698. The zero-order valence-electron chi connectivity index (χ0n) is 10.8. The zero-order chi connectivity index (χ0) is 15.0. The molecular weight excluding hydrogens is 284 g/mol. The Kier molecular flexibility index (Phi) is 3.38. The van der Waals surface area contributed by atoms with Crippen LogP contribution in [0.15, 0.2) is 22.8 Å². The van der Waals surface area contributed by atoms with E-state index in [0.29, 0.717) is 18.3 Å². The first-order valence-corrected chi connectivity index (χ1v) is 6.37. The molecule has 0 radical (unpaired) electrons. The second-order valence-corrected chi connectivity index (χ2v) is 4.81. The molecule has 110 valence electrons. The molecule has 1 aliphatic rings. The van der Waals surface area contributed by atoms with Crippen molar-refractivity contribution >= 4 is 5.69 Å². The Morgan fingerprint density at radius 2 is 2.19 bits per heavy atom. The Morgan fingerprint density at radius 3 is 2.86 bits per heavy atom. The molecule has 0 atom stereocenters. The van der Waals surface area contributed by atoms with Crippen LogP contribution in [0.25, 0.3) is 11.5 Å². The second-order valence-electron chi connectivity index (χ2n) is 4.81. The lowest BCUT2D eigenvalue weighted by Gasteiger charge is -2.01. The second kappa shape index (κ2) is 5.21. The molecule has 0 saturated heterocycles. The normalized spacial score (nSPS) is 14.4. The molecule has 21 heavy (non-hydrogen) atoms. The van der Waals surface area contributed by atoms with Crippen molar-refractivity contribution in [3.63, 3.8) is 0 Å². The van der Waals surface area contributed by atoms with E-state index in [1.54, 1.807) is 0 Å². The summed E-state index contributed by atoms with van der Waals surface area (Å²) in [6.45, 7) is 0.423. The minimum absolute atomic E-state index is 0.304. The zero-order valence-corrected chi connectivity index (χ0v) is 10.8. The van der Waals surface area contributed by atoms with Gasteiger partial charge < -0.3 is 9.73 Å². The fourth-order valence-corrected chi connectivity index (χ4v) is 1.92. The highest BCUT2D eigenvalue weighted by Crippen LogP contribution is 2.31. The van der Waals surface area contributed by atoms with Crippen LogP contribution < -0.4 is 5.32 Å². The summed E-state index contributed by atoms with van der Waals surface area (Å²) in [5.74, 6) is -2.55. The number of hydrogen-bond acceptors (Lipinski definition) is 5. The van der Waals surface area contributed by atoms with Crippen molar-refractivity contribution in [2.75, 3.05) is 0 Å². The Hall–Kier alpha value is -2.35. The largest absolute Gasteiger partial charge is 0.444 e. The minimum atomic E-state index is -1.29. The summed E-state index contributed by atoms with van der Waals surface area (Å²) in [6, 6.07) is 2.05. The average molecular weight is 295 g/mol. The molecule has 1 aromatic carbocycles. The molecular formula is C13H11F2N3O3. The summed E-state index contributed by atoms with van der Waals surface area (Å²) in [5, 5.41) is 13.9. The molecule has 0 bridgehead atoms. The van der Waals surface area contributed by atoms with Crippen molar-refractivity contribution in [2.45, 2.75) is 25.4 Å². The van der Waals surface area contributed by atoms with Gasteiger partial charge in [-0.1, -0.05) is 0 Å². The van der Waals surface area contributed by atoms with Crippen LogP contribution in [0.5, 0.6) is 0 Å². The van der Waals surface area contributed by atoms with Gasteiger partial charge >= 0.3 is 5.69 Å². The van der Waals surface area contributed by atoms with Gasteiger partial charge in [0.1, 0.15) is 17.6 Å². The number of nitro groups is 1. The van der Waals surface area contributed by atoms with E-state index in [9.17, 15) is 18.9 Å². The van der Waals surface area contributed by atoms with Gasteiger partial charge in [0, 0.05) is 18.7 Å². The summed E-state index contributed by atoms with van der Waals surface area (Å²) >= 11 is 0. The van der Waals surface area contributed by atoms with Crippen molar-refractivity contribution in [2.24, 2.45) is 0 Å². The maximum Gasteiger partial charge on any atom is 0.305 e. The van der Waals surface area contributed by atoms with E-state index in [1.165, 1.54) is 6.26 Å². The topological polar surface area (TPSA) is 81.2 Å². The van der Waals surface area contributed by atoms with Crippen molar-refractivity contribution in [3.8, 4) is 11.5 Å². The van der Waals surface area contributed by atoms with Crippen LogP contribution in [-0.2, 0) is 6.54 Å². The van der Waals surface area contributed by atoms with E-state index in [0.717, 1.165) is 25.0 Å². The molecule has 1 N–H and O–H groups in total. The quantitative estimate of drug-likeness (QED) is 0.677. The standard InChI is InChI=1S/C13H11F2N3O3/c14-9-3-4-10(18(19)20)12(15)11(9)13-17-8(6-21-13)5-16-7-1-2-7/h3-4,6-7,16H,1-2,5H2. The van der Waals surface area contributed by atoms with Gasteiger partial charge in [-0.15, -0.1) is 0 Å². The molecule has 1 heterocycles. The molecule has 2 aromatic rings. The Balaban J connectivity index is 1.91. The van der Waals surface area contributed by atoms with Crippen LogP contribution in [0.1, 0.15) is 18.5 Å². The fourth-order valence-electron chi connectivity index (χ4n) is 1.92. The number of nitro benzene ring substituents is 1. The first kappa shape index (κ1) is 13.6. The molecule has 1 fully saturated rings. The Labute approximate surface area is 117 Å². The van der Waals surface area contributed by atoms with Crippen LogP contribution in [0, 0.1) is 21.7 Å². The van der Waals surface area contributed by atoms with Gasteiger partial charge in [0.2, 0.25) is 11.7 Å². The van der Waals surface area contributed by atoms with E-state index in [4.69, 9.17) is 4.42 Å². The molecule has 1 aromatic heterocycles. The van der Waals surface area contributed by atoms with E-state index in [1.807, 2.05) is 0 Å². The fraction of sp³-hybridized carbons (Fsp3) is 0.308. The number of aromatic nitrogens is 1. The maximum atomic E-state index is 14.0. The van der Waals surface area contributed by atoms with Gasteiger partial charge in [-0.05, 0) is 18.9 Å². The van der Waals surface area contributed by atoms with Gasteiger partial charge in [-0.2, -0.15) is 4.39 Å². The van der Waals surface area contributed by atoms with Crippen LogP contribution in [0.2, 0.25) is 0 Å². The van der Waals surface area contributed by atoms with Crippen LogP contribution in [0.3, 0.4) is 0 Å². The smallest absolute Gasteiger partial charge is 0.305 e. The minimum Gasteiger partial charge on any atom is -0.444 e. The van der Waals surface area contributed by atoms with E-state index in [-0.39, 0.29) is 5.89 Å². The first-order valence-electron chi connectivity index (χ1n) is 6.37. The number of nitrogens with zero attached hydrogens (tertiary/aromatic N) is 2. The SMILES string of the molecule is O=[N+]([O-])c1ccc(F)c(-c2nc(CNC3CC3)co2)c1F. The van der Waals surface area contributed by atoms with E-state index >= 15 is 0 Å². The lowest BCUT2D eigenvalue weighted by atomic mass is 10.1. The number of hydrogen-bond donors (Lipinski definition) is 1. The Morgan fingerprint density at radius 1 is 1.43 bits per heavy atom. The van der Waals surface area contributed by atoms with E-state index < -0.39 is 27.8 Å². The highest BCUT2D eigenvalue weighted by atomic mass is 19.1. The number of rotatable bonds is 5. The molecule has 6 nitrogen and oxygen atoms in total. The third-order valence-corrected chi connectivity index (χ3v) is 3.18. The number of nitrogens with one attached hydrogen (secondary N) is 1. The van der Waals surface area contributed by atoms with Gasteiger partial charge in [-0.25, -0.2) is 9.37 Å². The number of oxazole rings is 1. The van der Waals surface area contributed by atoms with Crippen molar-refractivity contribution in [1.82, 2.24) is 10.3 Å². The highest BCUT2D eigenvalue weighted by Gasteiger charge is 2.26. The molecule has 0 aliphatic heterocycles. The van der Waals surface area contributed by atoms with E-state index in [2.05, 4.69) is 10.3 Å². The number of halogens is 2. The molecule has 0 spiro atoms. The molecule has 0 amide bonds. The molecule has 8 heteroatoms. The predicted molar refractivity (Wildman–Crippen MR) is 68.4 cm³/mol. The molecule has 3 rings (SSSR count). The van der Waals surface area contributed by atoms with Gasteiger partial charge in [-0.3, -0.25) is 10.1 Å².